The lowest BCUT2D eigenvalue weighted by molar-refractivity contribution is 0.0288. The number of hydrogen-bond donors (Lipinski definition) is 0. The molecule has 110 valence electrons. The van der Waals surface area contributed by atoms with Gasteiger partial charge in [-0.05, 0) is 57.2 Å². The first kappa shape index (κ1) is 14.8. The average molecular weight is 279 g/mol. The van der Waals surface area contributed by atoms with Crippen molar-refractivity contribution in [3.8, 4) is 0 Å². The largest absolute Gasteiger partial charge is 0.444 e. The van der Waals surface area contributed by atoms with Gasteiger partial charge in [-0.3, -0.25) is 0 Å². The third kappa shape index (κ3) is 4.22. The number of hydrogen-bond acceptors (Lipinski definition) is 2. The van der Waals surface area contributed by atoms with E-state index in [1.54, 1.807) is 17.0 Å². The first-order valence-electron chi connectivity index (χ1n) is 7.06. The molecule has 2 rings (SSSR count). The fourth-order valence-corrected chi connectivity index (χ4v) is 2.49. The van der Waals surface area contributed by atoms with Crippen molar-refractivity contribution < 1.29 is 13.9 Å². The molecule has 1 aromatic carbocycles. The van der Waals surface area contributed by atoms with Gasteiger partial charge in [-0.15, -0.1) is 0 Å². The Morgan fingerprint density at radius 3 is 2.85 bits per heavy atom. The molecule has 1 amide bonds. The van der Waals surface area contributed by atoms with E-state index in [0.717, 1.165) is 24.9 Å². The van der Waals surface area contributed by atoms with Crippen molar-refractivity contribution in [2.75, 3.05) is 13.1 Å². The Balaban J connectivity index is 1.88. The fourth-order valence-electron chi connectivity index (χ4n) is 2.49. The summed E-state index contributed by atoms with van der Waals surface area (Å²) in [5, 5.41) is 0. The topological polar surface area (TPSA) is 29.5 Å². The predicted octanol–water partition coefficient (Wildman–Crippen LogP) is 3.63. The average Bonchev–Trinajstić information content (AvgIpc) is 2.75. The van der Waals surface area contributed by atoms with E-state index in [1.807, 2.05) is 26.8 Å². The van der Waals surface area contributed by atoms with Crippen LogP contribution >= 0.6 is 0 Å². The summed E-state index contributed by atoms with van der Waals surface area (Å²) in [6, 6.07) is 6.67. The number of nitrogens with zero attached hydrogens (tertiary/aromatic N) is 1. The number of amides is 1. The van der Waals surface area contributed by atoms with Gasteiger partial charge >= 0.3 is 6.09 Å². The lowest BCUT2D eigenvalue weighted by Crippen LogP contribution is -2.35. The van der Waals surface area contributed by atoms with Crippen LogP contribution in [0.1, 0.15) is 32.8 Å². The minimum Gasteiger partial charge on any atom is -0.444 e. The van der Waals surface area contributed by atoms with Crippen LogP contribution in [-0.2, 0) is 11.2 Å². The normalized spacial score (nSPS) is 19.2. The second-order valence-corrected chi connectivity index (χ2v) is 6.42. The lowest BCUT2D eigenvalue weighted by Gasteiger charge is -2.24. The van der Waals surface area contributed by atoms with Gasteiger partial charge in [0.2, 0.25) is 0 Å². The van der Waals surface area contributed by atoms with Gasteiger partial charge in [0, 0.05) is 13.1 Å². The van der Waals surface area contributed by atoms with E-state index >= 15 is 0 Å². The van der Waals surface area contributed by atoms with Crippen LogP contribution in [0.15, 0.2) is 24.3 Å². The van der Waals surface area contributed by atoms with E-state index in [4.69, 9.17) is 4.74 Å². The summed E-state index contributed by atoms with van der Waals surface area (Å²) >= 11 is 0. The van der Waals surface area contributed by atoms with Gasteiger partial charge in [-0.25, -0.2) is 9.18 Å². The summed E-state index contributed by atoms with van der Waals surface area (Å²) < 4.78 is 18.5. The van der Waals surface area contributed by atoms with Crippen molar-refractivity contribution in [2.24, 2.45) is 5.92 Å². The van der Waals surface area contributed by atoms with Crippen molar-refractivity contribution in [1.82, 2.24) is 4.90 Å². The summed E-state index contributed by atoms with van der Waals surface area (Å²) in [6.07, 6.45) is 1.49. The third-order valence-electron chi connectivity index (χ3n) is 3.35. The van der Waals surface area contributed by atoms with Gasteiger partial charge in [-0.2, -0.15) is 0 Å². The summed E-state index contributed by atoms with van der Waals surface area (Å²) in [5.74, 6) is 0.175. The molecule has 0 spiro atoms. The predicted molar refractivity (Wildman–Crippen MR) is 76.0 cm³/mol. The second kappa shape index (κ2) is 5.81. The first-order chi connectivity index (χ1) is 9.33. The zero-order valence-electron chi connectivity index (χ0n) is 12.4. The van der Waals surface area contributed by atoms with Crippen LogP contribution in [0.25, 0.3) is 0 Å². The Labute approximate surface area is 119 Å². The highest BCUT2D eigenvalue weighted by Crippen LogP contribution is 2.23. The Morgan fingerprint density at radius 1 is 1.45 bits per heavy atom. The number of carbonyl (C=O) groups is 1. The zero-order chi connectivity index (χ0) is 14.8. The Morgan fingerprint density at radius 2 is 2.20 bits per heavy atom. The van der Waals surface area contributed by atoms with E-state index in [9.17, 15) is 9.18 Å². The molecule has 1 aromatic rings. The number of halogens is 1. The Hall–Kier alpha value is -1.58. The molecule has 0 saturated carbocycles. The maximum absolute atomic E-state index is 13.1. The molecule has 0 unspecified atom stereocenters. The molecule has 1 heterocycles. The maximum Gasteiger partial charge on any atom is 0.410 e. The van der Waals surface area contributed by atoms with E-state index < -0.39 is 5.60 Å². The molecule has 0 aromatic heterocycles. The molecule has 1 saturated heterocycles. The standard InChI is InChI=1S/C16H22FNO2/c1-16(2,3)20-15(19)18-8-7-13(11-18)9-12-5-4-6-14(17)10-12/h4-6,10,13H,7-9,11H2,1-3H3/t13-/m0/s1. The highest BCUT2D eigenvalue weighted by atomic mass is 19.1. The molecule has 1 atom stereocenters. The SMILES string of the molecule is CC(C)(C)OC(=O)N1CC[C@@H](Cc2cccc(F)c2)C1. The van der Waals surface area contributed by atoms with Crippen molar-refractivity contribution >= 4 is 6.09 Å². The van der Waals surface area contributed by atoms with Crippen molar-refractivity contribution in [3.63, 3.8) is 0 Å². The molecule has 3 nitrogen and oxygen atoms in total. The Kier molecular flexibility index (Phi) is 4.31. The van der Waals surface area contributed by atoms with Crippen molar-refractivity contribution in [2.45, 2.75) is 39.2 Å². The molecule has 1 aliphatic heterocycles. The summed E-state index contributed by atoms with van der Waals surface area (Å²) in [7, 11) is 0. The molecular formula is C16H22FNO2. The van der Waals surface area contributed by atoms with Gasteiger partial charge in [0.25, 0.3) is 0 Å². The first-order valence-corrected chi connectivity index (χ1v) is 7.06. The van der Waals surface area contributed by atoms with Crippen LogP contribution < -0.4 is 0 Å². The molecule has 20 heavy (non-hydrogen) atoms. The van der Waals surface area contributed by atoms with Crippen molar-refractivity contribution in [1.29, 1.82) is 0 Å². The molecule has 1 fully saturated rings. The number of likely N-dealkylation sites (tertiary alicyclic amines) is 1. The molecule has 0 N–H and O–H groups in total. The smallest absolute Gasteiger partial charge is 0.410 e. The van der Waals surface area contributed by atoms with Gasteiger partial charge in [0.05, 0.1) is 0 Å². The van der Waals surface area contributed by atoms with Gasteiger partial charge in [-0.1, -0.05) is 12.1 Å². The van der Waals surface area contributed by atoms with Crippen LogP contribution in [0, 0.1) is 11.7 Å². The minimum absolute atomic E-state index is 0.204. The highest BCUT2D eigenvalue weighted by Gasteiger charge is 2.29. The summed E-state index contributed by atoms with van der Waals surface area (Å²) in [5.41, 5.74) is 0.526. The van der Waals surface area contributed by atoms with Crippen LogP contribution in [0.5, 0.6) is 0 Å². The van der Waals surface area contributed by atoms with Crippen LogP contribution in [0.3, 0.4) is 0 Å². The van der Waals surface area contributed by atoms with Gasteiger partial charge in [0.15, 0.2) is 0 Å². The number of ether oxygens (including phenoxy) is 1. The number of rotatable bonds is 2. The molecule has 0 radical (unpaired) electrons. The molecule has 0 bridgehead atoms. The van der Waals surface area contributed by atoms with Crippen LogP contribution in [0.4, 0.5) is 9.18 Å². The summed E-state index contributed by atoms with van der Waals surface area (Å²) in [6.45, 7) is 7.00. The highest BCUT2D eigenvalue weighted by molar-refractivity contribution is 5.68. The Bertz CT molecular complexity index is 482. The maximum atomic E-state index is 13.1. The molecule has 4 heteroatoms. The van der Waals surface area contributed by atoms with Gasteiger partial charge in [0.1, 0.15) is 11.4 Å². The number of benzene rings is 1. The minimum atomic E-state index is -0.461. The summed E-state index contributed by atoms with van der Waals surface area (Å²) in [4.78, 5) is 13.7. The molecule has 1 aliphatic rings. The fraction of sp³-hybridized carbons (Fsp3) is 0.562. The number of carbonyl (C=O) groups excluding carboxylic acids is 1. The zero-order valence-corrected chi connectivity index (χ0v) is 12.4. The van der Waals surface area contributed by atoms with Crippen LogP contribution in [0.2, 0.25) is 0 Å². The van der Waals surface area contributed by atoms with E-state index in [-0.39, 0.29) is 11.9 Å². The third-order valence-corrected chi connectivity index (χ3v) is 3.35. The monoisotopic (exact) mass is 279 g/mol. The molecule has 0 aliphatic carbocycles. The van der Waals surface area contributed by atoms with Crippen LogP contribution in [-0.4, -0.2) is 29.7 Å². The quantitative estimate of drug-likeness (QED) is 0.827. The van der Waals surface area contributed by atoms with E-state index in [0.29, 0.717) is 12.5 Å². The van der Waals surface area contributed by atoms with Crippen molar-refractivity contribution in [3.05, 3.63) is 35.6 Å². The van der Waals surface area contributed by atoms with E-state index in [2.05, 4.69) is 0 Å². The lowest BCUT2D eigenvalue weighted by atomic mass is 9.99. The van der Waals surface area contributed by atoms with Gasteiger partial charge < -0.3 is 9.64 Å². The van der Waals surface area contributed by atoms with E-state index in [1.165, 1.54) is 6.07 Å². The second-order valence-electron chi connectivity index (χ2n) is 6.42. The molecular weight excluding hydrogens is 257 g/mol.